The third kappa shape index (κ3) is 4.73. The van der Waals surface area contributed by atoms with E-state index in [-0.39, 0.29) is 31.4 Å². The van der Waals surface area contributed by atoms with E-state index in [1.54, 1.807) is 18.2 Å². The number of rotatable bonds is 5. The Labute approximate surface area is 208 Å². The summed E-state index contributed by atoms with van der Waals surface area (Å²) >= 11 is 12.9. The number of nitrogens with zero attached hydrogens (tertiary/aromatic N) is 1. The van der Waals surface area contributed by atoms with Gasteiger partial charge in [0, 0.05) is 11.3 Å². The van der Waals surface area contributed by atoms with Gasteiger partial charge in [0.2, 0.25) is 5.91 Å². The zero-order valence-corrected chi connectivity index (χ0v) is 20.4. The predicted molar refractivity (Wildman–Crippen MR) is 129 cm³/mol. The van der Waals surface area contributed by atoms with Crippen molar-refractivity contribution >= 4 is 73.8 Å². The molecule has 0 spiro atoms. The third-order valence-corrected chi connectivity index (χ3v) is 8.19. The highest BCUT2D eigenvalue weighted by molar-refractivity contribution is 7.92. The minimum atomic E-state index is -4.11. The van der Waals surface area contributed by atoms with Gasteiger partial charge in [-0.05, 0) is 48.0 Å². The van der Waals surface area contributed by atoms with E-state index in [9.17, 15) is 22.8 Å². The maximum Gasteiger partial charge on any atom is 0.333 e. The molecule has 0 fully saturated rings. The van der Waals surface area contributed by atoms with E-state index < -0.39 is 27.9 Å². The Kier molecular flexibility index (Phi) is 6.54. The Morgan fingerprint density at radius 3 is 2.50 bits per heavy atom. The van der Waals surface area contributed by atoms with E-state index in [2.05, 4.69) is 5.32 Å². The number of fused-ring (bicyclic) bond motifs is 1. The van der Waals surface area contributed by atoms with Crippen LogP contribution in [0.25, 0.3) is 0 Å². The number of imide groups is 1. The van der Waals surface area contributed by atoms with Crippen LogP contribution in [0.4, 0.5) is 16.2 Å². The lowest BCUT2D eigenvalue weighted by Crippen LogP contribution is -2.42. The zero-order chi connectivity index (χ0) is 24.6. The summed E-state index contributed by atoms with van der Waals surface area (Å²) < 4.78 is 31.7. The van der Waals surface area contributed by atoms with Gasteiger partial charge < -0.3 is 10.1 Å². The van der Waals surface area contributed by atoms with Gasteiger partial charge in [-0.2, -0.15) is 0 Å². The first-order valence-corrected chi connectivity index (χ1v) is 12.6. The van der Waals surface area contributed by atoms with Gasteiger partial charge in [-0.15, -0.1) is 11.3 Å². The number of carbonyl (C=O) groups excluding carboxylic acids is 3. The van der Waals surface area contributed by atoms with E-state index in [1.165, 1.54) is 37.4 Å². The SMILES string of the molecule is COc1ccc2c(c1)C(=O)N(c1ccc(NC(=O)NS(=O)(=O)c3ccc(Cl)s3)cc1Cl)C(=O)C2. The van der Waals surface area contributed by atoms with Gasteiger partial charge in [-0.25, -0.2) is 22.8 Å². The molecule has 0 atom stereocenters. The Bertz CT molecular complexity index is 1440. The minimum Gasteiger partial charge on any atom is -0.497 e. The summed E-state index contributed by atoms with van der Waals surface area (Å²) in [6, 6.07) is 10.6. The van der Waals surface area contributed by atoms with Crippen molar-refractivity contribution in [2.75, 3.05) is 17.3 Å². The van der Waals surface area contributed by atoms with Crippen LogP contribution in [0.1, 0.15) is 15.9 Å². The molecule has 0 saturated heterocycles. The molecule has 0 bridgehead atoms. The number of carbonyl (C=O) groups is 3. The molecule has 1 aromatic heterocycles. The lowest BCUT2D eigenvalue weighted by molar-refractivity contribution is -0.117. The molecule has 1 aliphatic rings. The van der Waals surface area contributed by atoms with Crippen molar-refractivity contribution in [2.45, 2.75) is 10.6 Å². The van der Waals surface area contributed by atoms with Crippen LogP contribution in [0, 0.1) is 0 Å². The van der Waals surface area contributed by atoms with Crippen molar-refractivity contribution < 1.29 is 27.5 Å². The topological polar surface area (TPSA) is 122 Å². The van der Waals surface area contributed by atoms with E-state index in [0.717, 1.165) is 16.2 Å². The van der Waals surface area contributed by atoms with Crippen molar-refractivity contribution in [1.82, 2.24) is 4.72 Å². The van der Waals surface area contributed by atoms with Crippen molar-refractivity contribution in [3.8, 4) is 5.75 Å². The smallest absolute Gasteiger partial charge is 0.333 e. The van der Waals surface area contributed by atoms with Gasteiger partial charge in [0.1, 0.15) is 9.96 Å². The molecule has 0 aliphatic carbocycles. The number of hydrogen-bond donors (Lipinski definition) is 2. The van der Waals surface area contributed by atoms with Gasteiger partial charge in [0.05, 0.1) is 28.6 Å². The first kappa shape index (κ1) is 24.0. The van der Waals surface area contributed by atoms with Crippen LogP contribution in [-0.4, -0.2) is 33.4 Å². The fourth-order valence-corrected chi connectivity index (χ4v) is 5.95. The summed E-state index contributed by atoms with van der Waals surface area (Å²) in [5.74, 6) is -0.562. The molecule has 176 valence electrons. The Balaban J connectivity index is 1.53. The van der Waals surface area contributed by atoms with Crippen molar-refractivity contribution in [2.24, 2.45) is 0 Å². The quantitative estimate of drug-likeness (QED) is 0.466. The monoisotopic (exact) mass is 539 g/mol. The summed E-state index contributed by atoms with van der Waals surface area (Å²) in [4.78, 5) is 38.9. The predicted octanol–water partition coefficient (Wildman–Crippen LogP) is 4.30. The number of amides is 4. The molecule has 4 amide bonds. The lowest BCUT2D eigenvalue weighted by atomic mass is 9.97. The number of sulfonamides is 1. The van der Waals surface area contributed by atoms with Gasteiger partial charge in [0.25, 0.3) is 15.9 Å². The molecule has 34 heavy (non-hydrogen) atoms. The molecular weight excluding hydrogens is 525 g/mol. The fraction of sp³-hybridized carbons (Fsp3) is 0.0952. The highest BCUT2D eigenvalue weighted by Gasteiger charge is 2.33. The molecule has 1 aliphatic heterocycles. The number of hydrogen-bond acceptors (Lipinski definition) is 7. The second kappa shape index (κ2) is 9.26. The Morgan fingerprint density at radius 1 is 1.09 bits per heavy atom. The Hall–Kier alpha value is -3.12. The molecule has 3 aromatic rings. The van der Waals surface area contributed by atoms with Crippen molar-refractivity contribution in [3.05, 3.63) is 69.0 Å². The van der Waals surface area contributed by atoms with Crippen LogP contribution in [0.3, 0.4) is 0 Å². The molecule has 0 radical (unpaired) electrons. The number of anilines is 2. The van der Waals surface area contributed by atoms with Gasteiger partial charge in [0.15, 0.2) is 0 Å². The van der Waals surface area contributed by atoms with Crippen LogP contribution in [0.5, 0.6) is 5.75 Å². The number of benzene rings is 2. The average molecular weight is 540 g/mol. The number of nitrogens with one attached hydrogen (secondary N) is 2. The van der Waals surface area contributed by atoms with Crippen LogP contribution < -0.4 is 19.7 Å². The third-order valence-electron chi connectivity index (χ3n) is 4.83. The molecule has 2 N–H and O–H groups in total. The molecule has 13 heteroatoms. The highest BCUT2D eigenvalue weighted by atomic mass is 35.5. The normalized spacial score (nSPS) is 13.4. The number of halogens is 2. The molecule has 9 nitrogen and oxygen atoms in total. The molecule has 0 unspecified atom stereocenters. The first-order valence-electron chi connectivity index (χ1n) is 9.52. The molecule has 2 heterocycles. The standard InChI is InChI=1S/C21H15Cl2N3O6S2/c1-32-13-4-2-11-8-18(27)26(20(28)14(11)10-13)16-5-3-12(9-15(16)22)24-21(29)25-34(30,31)19-7-6-17(23)33-19/h2-7,9-10H,8H2,1H3,(H2,24,25,29). The lowest BCUT2D eigenvalue weighted by Gasteiger charge is -2.28. The summed E-state index contributed by atoms with van der Waals surface area (Å²) in [6.07, 6.45) is -0.00556. The van der Waals surface area contributed by atoms with Gasteiger partial charge in [-0.3, -0.25) is 9.59 Å². The van der Waals surface area contributed by atoms with E-state index in [1.807, 2.05) is 4.72 Å². The molecular formula is C21H15Cl2N3O6S2. The summed E-state index contributed by atoms with van der Waals surface area (Å²) in [5.41, 5.74) is 1.16. The summed E-state index contributed by atoms with van der Waals surface area (Å²) in [5, 5.41) is 2.35. The summed E-state index contributed by atoms with van der Waals surface area (Å²) in [6.45, 7) is 0. The number of methoxy groups -OCH3 is 1. The largest absolute Gasteiger partial charge is 0.497 e. The first-order chi connectivity index (χ1) is 16.1. The zero-order valence-electron chi connectivity index (χ0n) is 17.3. The van der Waals surface area contributed by atoms with Crippen LogP contribution >= 0.6 is 34.5 Å². The van der Waals surface area contributed by atoms with Crippen LogP contribution in [0.2, 0.25) is 9.36 Å². The van der Waals surface area contributed by atoms with Gasteiger partial charge in [-0.1, -0.05) is 29.3 Å². The van der Waals surface area contributed by atoms with E-state index >= 15 is 0 Å². The fourth-order valence-electron chi connectivity index (χ4n) is 3.29. The molecule has 0 saturated carbocycles. The van der Waals surface area contributed by atoms with Crippen molar-refractivity contribution in [1.29, 1.82) is 0 Å². The van der Waals surface area contributed by atoms with Crippen LogP contribution in [-0.2, 0) is 21.2 Å². The average Bonchev–Trinajstić information content (AvgIpc) is 3.22. The minimum absolute atomic E-state index is 0.00116. The van der Waals surface area contributed by atoms with E-state index in [4.69, 9.17) is 27.9 Å². The summed E-state index contributed by atoms with van der Waals surface area (Å²) in [7, 11) is -2.64. The number of urea groups is 1. The highest BCUT2D eigenvalue weighted by Crippen LogP contribution is 2.34. The van der Waals surface area contributed by atoms with Gasteiger partial charge >= 0.3 is 6.03 Å². The maximum absolute atomic E-state index is 13.0. The Morgan fingerprint density at radius 2 is 1.85 bits per heavy atom. The van der Waals surface area contributed by atoms with Crippen molar-refractivity contribution in [3.63, 3.8) is 0 Å². The number of thiophene rings is 1. The molecule has 4 rings (SSSR count). The van der Waals surface area contributed by atoms with Crippen LogP contribution in [0.15, 0.2) is 52.7 Å². The number of ether oxygens (including phenoxy) is 1. The second-order valence-corrected chi connectivity index (χ2v) is 11.1. The second-order valence-electron chi connectivity index (χ2n) is 7.02. The van der Waals surface area contributed by atoms with E-state index in [0.29, 0.717) is 16.9 Å². The molecule has 2 aromatic carbocycles. The maximum atomic E-state index is 13.0.